The molecule has 1 saturated carbocycles. The minimum atomic E-state index is -0.880. The molecule has 0 bridgehead atoms. The smallest absolute Gasteiger partial charge is 0.405 e. The van der Waals surface area contributed by atoms with Crippen molar-refractivity contribution in [2.24, 2.45) is 5.73 Å². The summed E-state index contributed by atoms with van der Waals surface area (Å²) in [5.41, 5.74) is 7.00. The molecule has 1 atom stereocenters. The van der Waals surface area contributed by atoms with Crippen LogP contribution in [0.25, 0.3) is 11.4 Å². The van der Waals surface area contributed by atoms with Gasteiger partial charge in [-0.3, -0.25) is 4.98 Å². The summed E-state index contributed by atoms with van der Waals surface area (Å²) in [4.78, 5) is 19.4. The molecule has 7 nitrogen and oxygen atoms in total. The normalized spacial score (nSPS) is 17.2. The predicted molar refractivity (Wildman–Crippen MR) is 73.2 cm³/mol. The van der Waals surface area contributed by atoms with Crippen molar-refractivity contribution in [2.45, 2.75) is 38.2 Å². The Hall–Kier alpha value is -2.44. The first-order valence-corrected chi connectivity index (χ1v) is 6.74. The number of primary amides is 1. The van der Waals surface area contributed by atoms with Crippen LogP contribution in [0.1, 0.15) is 44.4 Å². The molecule has 21 heavy (non-hydrogen) atoms. The SMILES string of the molecule is CC(OC(N)=O)c1nc(-c2ccnc(C3(C)CC3)c2)no1. The maximum absolute atomic E-state index is 10.7. The number of hydrogen-bond donors (Lipinski definition) is 1. The summed E-state index contributed by atoms with van der Waals surface area (Å²) in [6.45, 7) is 3.80. The third-order valence-electron chi connectivity index (χ3n) is 3.72. The molecule has 2 N–H and O–H groups in total. The molecule has 1 unspecified atom stereocenters. The fraction of sp³-hybridized carbons (Fsp3) is 0.429. The van der Waals surface area contributed by atoms with E-state index in [-0.39, 0.29) is 11.3 Å². The lowest BCUT2D eigenvalue weighted by molar-refractivity contribution is 0.0959. The van der Waals surface area contributed by atoms with Crippen LogP contribution in [0.3, 0.4) is 0 Å². The first-order chi connectivity index (χ1) is 9.98. The van der Waals surface area contributed by atoms with Crippen LogP contribution in [-0.2, 0) is 10.2 Å². The van der Waals surface area contributed by atoms with E-state index in [4.69, 9.17) is 15.0 Å². The highest BCUT2D eigenvalue weighted by Gasteiger charge is 2.40. The predicted octanol–water partition coefficient (Wildman–Crippen LogP) is 2.34. The summed E-state index contributed by atoms with van der Waals surface area (Å²) >= 11 is 0. The maximum Gasteiger partial charge on any atom is 0.405 e. The Balaban J connectivity index is 1.84. The number of nitrogens with zero attached hydrogens (tertiary/aromatic N) is 3. The van der Waals surface area contributed by atoms with Crippen LogP contribution in [0.5, 0.6) is 0 Å². The number of ether oxygens (including phenoxy) is 1. The van der Waals surface area contributed by atoms with Gasteiger partial charge in [0.1, 0.15) is 0 Å². The van der Waals surface area contributed by atoms with E-state index in [1.807, 2.05) is 12.1 Å². The van der Waals surface area contributed by atoms with Crippen LogP contribution in [0, 0.1) is 0 Å². The summed E-state index contributed by atoms with van der Waals surface area (Å²) in [6.07, 6.45) is 2.48. The van der Waals surface area contributed by atoms with Gasteiger partial charge >= 0.3 is 6.09 Å². The maximum atomic E-state index is 10.7. The number of nitrogens with two attached hydrogens (primary N) is 1. The van der Waals surface area contributed by atoms with Crippen LogP contribution < -0.4 is 5.73 Å². The lowest BCUT2D eigenvalue weighted by Crippen LogP contribution is -2.15. The second-order valence-electron chi connectivity index (χ2n) is 5.53. The van der Waals surface area contributed by atoms with Crippen molar-refractivity contribution in [1.82, 2.24) is 15.1 Å². The Bertz CT molecular complexity index is 678. The molecule has 0 radical (unpaired) electrons. The first kappa shape index (κ1) is 13.5. The summed E-state index contributed by atoms with van der Waals surface area (Å²) in [5.74, 6) is 0.651. The second-order valence-corrected chi connectivity index (χ2v) is 5.53. The van der Waals surface area contributed by atoms with E-state index in [2.05, 4.69) is 22.0 Å². The van der Waals surface area contributed by atoms with E-state index in [0.717, 1.165) is 24.1 Å². The molecule has 2 aromatic heterocycles. The largest absolute Gasteiger partial charge is 0.437 e. The summed E-state index contributed by atoms with van der Waals surface area (Å²) in [6, 6.07) is 3.80. The third-order valence-corrected chi connectivity index (χ3v) is 3.72. The van der Waals surface area contributed by atoms with Crippen LogP contribution in [0.4, 0.5) is 4.79 Å². The van der Waals surface area contributed by atoms with Crippen molar-refractivity contribution < 1.29 is 14.1 Å². The standard InChI is InChI=1S/C14H16N4O3/c1-8(20-13(15)19)12-17-11(18-21-12)9-3-6-16-10(7-9)14(2)4-5-14/h3,6-8H,4-5H2,1-2H3,(H2,15,19). The lowest BCUT2D eigenvalue weighted by atomic mass is 10.0. The topological polar surface area (TPSA) is 104 Å². The van der Waals surface area contributed by atoms with Crippen LogP contribution in [-0.4, -0.2) is 21.2 Å². The van der Waals surface area contributed by atoms with E-state index in [1.165, 1.54) is 0 Å². The molecule has 2 aromatic rings. The Kier molecular flexibility index (Phi) is 3.12. The highest BCUT2D eigenvalue weighted by Crippen LogP contribution is 2.47. The lowest BCUT2D eigenvalue weighted by Gasteiger charge is -2.07. The molecule has 3 rings (SSSR count). The van der Waals surface area contributed by atoms with Gasteiger partial charge in [0, 0.05) is 22.9 Å². The molecule has 0 aliphatic heterocycles. The molecule has 1 amide bonds. The first-order valence-electron chi connectivity index (χ1n) is 6.74. The molecule has 0 spiro atoms. The van der Waals surface area contributed by atoms with E-state index in [1.54, 1.807) is 13.1 Å². The van der Waals surface area contributed by atoms with Crippen molar-refractivity contribution in [3.05, 3.63) is 29.9 Å². The fourth-order valence-corrected chi connectivity index (χ4v) is 2.09. The average Bonchev–Trinajstić information content (AvgIpc) is 3.03. The van der Waals surface area contributed by atoms with Crippen molar-refractivity contribution in [3.63, 3.8) is 0 Å². The van der Waals surface area contributed by atoms with Crippen molar-refractivity contribution in [1.29, 1.82) is 0 Å². The van der Waals surface area contributed by atoms with Gasteiger partial charge in [-0.05, 0) is 31.9 Å². The van der Waals surface area contributed by atoms with Crippen molar-refractivity contribution in [2.75, 3.05) is 0 Å². The fourth-order valence-electron chi connectivity index (χ4n) is 2.09. The van der Waals surface area contributed by atoms with Gasteiger partial charge in [-0.15, -0.1) is 0 Å². The van der Waals surface area contributed by atoms with Gasteiger partial charge in [0.25, 0.3) is 5.89 Å². The zero-order chi connectivity index (χ0) is 15.0. The number of pyridine rings is 1. The number of aromatic nitrogens is 3. The van der Waals surface area contributed by atoms with Gasteiger partial charge in [-0.25, -0.2) is 4.79 Å². The van der Waals surface area contributed by atoms with Gasteiger partial charge in [0.05, 0.1) is 0 Å². The molecule has 2 heterocycles. The van der Waals surface area contributed by atoms with Gasteiger partial charge < -0.3 is 15.0 Å². The molecule has 1 fully saturated rings. The van der Waals surface area contributed by atoms with Gasteiger partial charge in [-0.2, -0.15) is 4.98 Å². The monoisotopic (exact) mass is 288 g/mol. The van der Waals surface area contributed by atoms with E-state index >= 15 is 0 Å². The molecule has 0 saturated heterocycles. The molecule has 0 aromatic carbocycles. The van der Waals surface area contributed by atoms with Crippen molar-refractivity contribution >= 4 is 6.09 Å². The highest BCUT2D eigenvalue weighted by atomic mass is 16.6. The van der Waals surface area contributed by atoms with Crippen LogP contribution in [0.15, 0.2) is 22.9 Å². The molecule has 110 valence electrons. The number of carbonyl (C=O) groups excluding carboxylic acids is 1. The summed E-state index contributed by atoms with van der Waals surface area (Å²) in [5, 5.41) is 3.91. The average molecular weight is 288 g/mol. The zero-order valence-electron chi connectivity index (χ0n) is 11.9. The highest BCUT2D eigenvalue weighted by molar-refractivity contribution is 5.64. The number of carbonyl (C=O) groups is 1. The summed E-state index contributed by atoms with van der Waals surface area (Å²) < 4.78 is 9.91. The molecule has 1 aliphatic rings. The summed E-state index contributed by atoms with van der Waals surface area (Å²) in [7, 11) is 0. The van der Waals surface area contributed by atoms with Crippen LogP contribution >= 0.6 is 0 Å². The van der Waals surface area contributed by atoms with Crippen LogP contribution in [0.2, 0.25) is 0 Å². The Morgan fingerprint density at radius 3 is 2.95 bits per heavy atom. The molecule has 1 aliphatic carbocycles. The quantitative estimate of drug-likeness (QED) is 0.925. The number of amides is 1. The molecular formula is C14H16N4O3. The van der Waals surface area contributed by atoms with Crippen molar-refractivity contribution in [3.8, 4) is 11.4 Å². The number of rotatable bonds is 4. The number of hydrogen-bond acceptors (Lipinski definition) is 6. The van der Waals surface area contributed by atoms with Gasteiger partial charge in [0.15, 0.2) is 6.10 Å². The van der Waals surface area contributed by atoms with Gasteiger partial charge in [-0.1, -0.05) is 12.1 Å². The third kappa shape index (κ3) is 2.72. The minimum Gasteiger partial charge on any atom is -0.437 e. The zero-order valence-corrected chi connectivity index (χ0v) is 11.9. The second kappa shape index (κ2) is 4.83. The molecular weight excluding hydrogens is 272 g/mol. The van der Waals surface area contributed by atoms with E-state index in [9.17, 15) is 4.79 Å². The van der Waals surface area contributed by atoms with E-state index < -0.39 is 12.2 Å². The van der Waals surface area contributed by atoms with E-state index in [0.29, 0.717) is 5.82 Å². The minimum absolute atomic E-state index is 0.172. The van der Waals surface area contributed by atoms with Gasteiger partial charge in [0.2, 0.25) is 5.82 Å². The Morgan fingerprint density at radius 2 is 2.29 bits per heavy atom. The Labute approximate surface area is 121 Å². The Morgan fingerprint density at radius 1 is 1.52 bits per heavy atom. The molecule has 7 heteroatoms.